The number of anilines is 1. The Bertz CT molecular complexity index is 1250. The Labute approximate surface area is 202 Å². The maximum Gasteiger partial charge on any atom is 0.244 e. The molecule has 2 aromatic heterocycles. The first-order chi connectivity index (χ1) is 16.7. The molecule has 3 aromatic rings. The van der Waals surface area contributed by atoms with E-state index in [1.165, 1.54) is 0 Å². The molecule has 174 valence electrons. The Morgan fingerprint density at radius 3 is 2.65 bits per heavy atom. The van der Waals surface area contributed by atoms with Gasteiger partial charge in [0.1, 0.15) is 11.9 Å². The van der Waals surface area contributed by atoms with Crippen molar-refractivity contribution in [2.45, 2.75) is 24.8 Å². The molecule has 1 saturated heterocycles. The third-order valence-corrected chi connectivity index (χ3v) is 7.69. The Hall–Kier alpha value is -3.33. The van der Waals surface area contributed by atoms with Gasteiger partial charge in [-0.25, -0.2) is 0 Å². The fourth-order valence-corrected chi connectivity index (χ4v) is 5.58. The molecule has 0 spiro atoms. The largest absolute Gasteiger partial charge is 0.339 e. The number of benzene rings is 1. The summed E-state index contributed by atoms with van der Waals surface area (Å²) in [4.78, 5) is 35.4. The van der Waals surface area contributed by atoms with E-state index in [9.17, 15) is 9.59 Å². The van der Waals surface area contributed by atoms with Crippen LogP contribution in [0.4, 0.5) is 5.69 Å². The third-order valence-electron chi connectivity index (χ3n) is 6.65. The molecule has 1 saturated carbocycles. The standard InChI is InChI=1S/C25H26N6O2S/c32-23(28-8-10-29(11-9-28)24(33)18-3-4-18)17-30-16-20-14-21(5-6-22(20)27-30)31-12-13-34-25(31)19-2-1-7-26-15-19/h1-2,5-7,12-16,18,25H,3-4,8-11,17H2. The van der Waals surface area contributed by atoms with Crippen LogP contribution in [0.3, 0.4) is 0 Å². The summed E-state index contributed by atoms with van der Waals surface area (Å²) in [5.41, 5.74) is 3.09. The van der Waals surface area contributed by atoms with Gasteiger partial charge in [0.2, 0.25) is 11.8 Å². The molecule has 2 aliphatic heterocycles. The van der Waals surface area contributed by atoms with Crippen LogP contribution < -0.4 is 4.90 Å². The molecule has 1 aliphatic carbocycles. The lowest BCUT2D eigenvalue weighted by Crippen LogP contribution is -2.51. The predicted octanol–water partition coefficient (Wildman–Crippen LogP) is 3.24. The van der Waals surface area contributed by atoms with Crippen LogP contribution in [0.25, 0.3) is 10.9 Å². The Kier molecular flexibility index (Phi) is 5.49. The highest BCUT2D eigenvalue weighted by Gasteiger charge is 2.35. The summed E-state index contributed by atoms with van der Waals surface area (Å²) >= 11 is 1.75. The van der Waals surface area contributed by atoms with Crippen molar-refractivity contribution in [3.63, 3.8) is 0 Å². The summed E-state index contributed by atoms with van der Waals surface area (Å²) in [5.74, 6) is 0.540. The SMILES string of the molecule is O=C(Cn1cc2cc(N3C=CSC3c3cccnc3)ccc2n1)N1CCN(C(=O)C2CC2)CC1. The van der Waals surface area contributed by atoms with E-state index in [4.69, 9.17) is 0 Å². The number of pyridine rings is 1. The molecule has 6 rings (SSSR count). The monoisotopic (exact) mass is 474 g/mol. The van der Waals surface area contributed by atoms with Gasteiger partial charge in [0, 0.05) is 73.5 Å². The van der Waals surface area contributed by atoms with E-state index in [2.05, 4.69) is 44.8 Å². The molecule has 8 nitrogen and oxygen atoms in total. The van der Waals surface area contributed by atoms with E-state index in [0.29, 0.717) is 26.2 Å². The Morgan fingerprint density at radius 2 is 1.88 bits per heavy atom. The zero-order chi connectivity index (χ0) is 23.1. The molecule has 0 radical (unpaired) electrons. The number of piperazine rings is 1. The predicted molar refractivity (Wildman–Crippen MR) is 132 cm³/mol. The minimum absolute atomic E-state index is 0.0436. The number of rotatable bonds is 5. The van der Waals surface area contributed by atoms with Crippen LogP contribution in [0.5, 0.6) is 0 Å². The van der Waals surface area contributed by atoms with Gasteiger partial charge in [-0.1, -0.05) is 6.07 Å². The van der Waals surface area contributed by atoms with Crippen LogP contribution in [-0.2, 0) is 16.1 Å². The smallest absolute Gasteiger partial charge is 0.244 e. The first-order valence-corrected chi connectivity index (χ1v) is 12.6. The van der Waals surface area contributed by atoms with E-state index >= 15 is 0 Å². The lowest BCUT2D eigenvalue weighted by molar-refractivity contribution is -0.140. The van der Waals surface area contributed by atoms with Gasteiger partial charge in [-0.15, -0.1) is 11.8 Å². The summed E-state index contributed by atoms with van der Waals surface area (Å²) in [6.07, 6.45) is 9.76. The summed E-state index contributed by atoms with van der Waals surface area (Å²) in [6, 6.07) is 10.2. The number of fused-ring (bicyclic) bond motifs is 1. The fourth-order valence-electron chi connectivity index (χ4n) is 4.61. The molecular formula is C25H26N6O2S. The average Bonchev–Trinajstić information content (AvgIpc) is 3.46. The molecule has 1 atom stereocenters. The van der Waals surface area contributed by atoms with E-state index < -0.39 is 0 Å². The topological polar surface area (TPSA) is 74.6 Å². The van der Waals surface area contributed by atoms with Gasteiger partial charge in [0.05, 0.1) is 5.52 Å². The van der Waals surface area contributed by atoms with E-state index in [1.807, 2.05) is 34.3 Å². The van der Waals surface area contributed by atoms with Crippen molar-refractivity contribution in [1.82, 2.24) is 24.6 Å². The molecule has 0 bridgehead atoms. The van der Waals surface area contributed by atoms with Crippen molar-refractivity contribution in [1.29, 1.82) is 0 Å². The van der Waals surface area contributed by atoms with Crippen LogP contribution in [-0.4, -0.2) is 62.6 Å². The summed E-state index contributed by atoms with van der Waals surface area (Å²) in [7, 11) is 0. The summed E-state index contributed by atoms with van der Waals surface area (Å²) in [6.45, 7) is 2.65. The number of hydrogen-bond donors (Lipinski definition) is 0. The van der Waals surface area contributed by atoms with Gasteiger partial charge in [0.15, 0.2) is 0 Å². The highest BCUT2D eigenvalue weighted by atomic mass is 32.2. The normalized spacial score (nSPS) is 20.4. The van der Waals surface area contributed by atoms with Crippen molar-refractivity contribution in [2.75, 3.05) is 31.1 Å². The maximum atomic E-state index is 12.9. The summed E-state index contributed by atoms with van der Waals surface area (Å²) < 4.78 is 1.73. The minimum atomic E-state index is 0.0436. The molecule has 1 aromatic carbocycles. The first-order valence-electron chi connectivity index (χ1n) is 11.7. The van der Waals surface area contributed by atoms with Crippen molar-refractivity contribution in [3.05, 3.63) is 66.1 Å². The van der Waals surface area contributed by atoms with Gasteiger partial charge in [-0.05, 0) is 42.5 Å². The molecule has 34 heavy (non-hydrogen) atoms. The number of thioether (sulfide) groups is 1. The minimum Gasteiger partial charge on any atom is -0.339 e. The Morgan fingerprint density at radius 1 is 1.06 bits per heavy atom. The molecule has 3 aliphatic rings. The highest BCUT2D eigenvalue weighted by molar-refractivity contribution is 8.02. The van der Waals surface area contributed by atoms with Crippen LogP contribution in [0.1, 0.15) is 23.8 Å². The van der Waals surface area contributed by atoms with Gasteiger partial charge in [0.25, 0.3) is 0 Å². The average molecular weight is 475 g/mol. The number of carbonyl (C=O) groups excluding carboxylic acids is 2. The van der Waals surface area contributed by atoms with Gasteiger partial charge in [-0.2, -0.15) is 5.10 Å². The molecule has 1 unspecified atom stereocenters. The van der Waals surface area contributed by atoms with Crippen molar-refractivity contribution < 1.29 is 9.59 Å². The van der Waals surface area contributed by atoms with E-state index in [-0.39, 0.29) is 29.7 Å². The second kappa shape index (κ2) is 8.79. The number of carbonyl (C=O) groups is 2. The van der Waals surface area contributed by atoms with Crippen LogP contribution in [0, 0.1) is 5.92 Å². The van der Waals surface area contributed by atoms with E-state index in [0.717, 1.165) is 35.0 Å². The third kappa shape index (κ3) is 4.16. The zero-order valence-corrected chi connectivity index (χ0v) is 19.6. The zero-order valence-electron chi connectivity index (χ0n) is 18.8. The number of aromatic nitrogens is 3. The van der Waals surface area contributed by atoms with E-state index in [1.54, 1.807) is 22.6 Å². The highest BCUT2D eigenvalue weighted by Crippen LogP contribution is 2.42. The van der Waals surface area contributed by atoms with Gasteiger partial charge in [-0.3, -0.25) is 19.3 Å². The summed E-state index contributed by atoms with van der Waals surface area (Å²) in [5, 5.41) is 7.87. The number of hydrogen-bond acceptors (Lipinski definition) is 6. The van der Waals surface area contributed by atoms with Crippen molar-refractivity contribution >= 4 is 40.2 Å². The molecule has 0 N–H and O–H groups in total. The molecule has 2 amide bonds. The lowest BCUT2D eigenvalue weighted by Gasteiger charge is -2.34. The van der Waals surface area contributed by atoms with Crippen molar-refractivity contribution in [2.24, 2.45) is 5.92 Å². The second-order valence-corrected chi connectivity index (χ2v) is 10.0. The Balaban J connectivity index is 1.13. The molecular weight excluding hydrogens is 448 g/mol. The molecule has 2 fully saturated rings. The second-order valence-electron chi connectivity index (χ2n) is 9.02. The fraction of sp³-hybridized carbons (Fsp3) is 0.360. The van der Waals surface area contributed by atoms with Gasteiger partial charge >= 0.3 is 0 Å². The van der Waals surface area contributed by atoms with Crippen LogP contribution in [0.15, 0.2) is 60.5 Å². The molecule has 4 heterocycles. The number of nitrogens with zero attached hydrogens (tertiary/aromatic N) is 6. The van der Waals surface area contributed by atoms with Crippen LogP contribution in [0.2, 0.25) is 0 Å². The van der Waals surface area contributed by atoms with Gasteiger partial charge < -0.3 is 14.7 Å². The van der Waals surface area contributed by atoms with Crippen LogP contribution >= 0.6 is 11.8 Å². The number of amides is 2. The maximum absolute atomic E-state index is 12.9. The first kappa shape index (κ1) is 21.2. The quantitative estimate of drug-likeness (QED) is 0.565. The lowest BCUT2D eigenvalue weighted by atomic mass is 10.2. The van der Waals surface area contributed by atoms with Crippen molar-refractivity contribution in [3.8, 4) is 0 Å². The molecule has 9 heteroatoms.